The zero-order valence-electron chi connectivity index (χ0n) is 7.88. The van der Waals surface area contributed by atoms with Gasteiger partial charge in [0.15, 0.2) is 0 Å². The summed E-state index contributed by atoms with van der Waals surface area (Å²) in [5.41, 5.74) is 0.578. The normalized spacial score (nSPS) is 11.8. The Kier molecular flexibility index (Phi) is 4.12. The first-order valence-electron chi connectivity index (χ1n) is 4.20. The zero-order chi connectivity index (χ0) is 12.2. The Morgan fingerprint density at radius 3 is 2.50 bits per heavy atom. The van der Waals surface area contributed by atoms with Crippen molar-refractivity contribution in [1.29, 1.82) is 0 Å². The molecule has 0 aliphatic carbocycles. The van der Waals surface area contributed by atoms with Gasteiger partial charge in [-0.15, -0.1) is 0 Å². The molecule has 2 nitrogen and oxygen atoms in total. The molecule has 0 aromatic heterocycles. The van der Waals surface area contributed by atoms with Crippen LogP contribution in [0.25, 0.3) is 0 Å². The van der Waals surface area contributed by atoms with Gasteiger partial charge in [-0.25, -0.2) is 0 Å². The molecule has 1 rings (SSSR count). The molecular formula is C10H7BrF3NO. The van der Waals surface area contributed by atoms with Crippen LogP contribution < -0.4 is 5.32 Å². The average Bonchev–Trinajstić information content (AvgIpc) is 2.19. The lowest BCUT2D eigenvalue weighted by Crippen LogP contribution is -2.20. The molecule has 0 aliphatic rings. The van der Waals surface area contributed by atoms with Crippen molar-refractivity contribution in [3.63, 3.8) is 0 Å². The van der Waals surface area contributed by atoms with E-state index in [1.54, 1.807) is 24.3 Å². The molecule has 6 heteroatoms. The maximum atomic E-state index is 11.8. The summed E-state index contributed by atoms with van der Waals surface area (Å²) in [4.78, 5) is 10.5. The molecule has 0 saturated carbocycles. The highest BCUT2D eigenvalue weighted by Crippen LogP contribution is 2.21. The Hall–Kier alpha value is -1.30. The van der Waals surface area contributed by atoms with Crippen LogP contribution in [0.4, 0.5) is 18.9 Å². The number of nitrogens with one attached hydrogen (secondary N) is 1. The number of alkyl halides is 3. The minimum absolute atomic E-state index is 0.444. The second-order valence-corrected chi connectivity index (χ2v) is 3.67. The van der Waals surface area contributed by atoms with E-state index in [-0.39, 0.29) is 0 Å². The fourth-order valence-electron chi connectivity index (χ4n) is 0.880. The van der Waals surface area contributed by atoms with Gasteiger partial charge in [-0.3, -0.25) is 4.79 Å². The number of halogens is 4. The smallest absolute Gasteiger partial charge is 0.361 e. The average molecular weight is 294 g/mol. The number of para-hydroxylation sites is 1. The second-order valence-electron chi connectivity index (χ2n) is 2.82. The predicted octanol–water partition coefficient (Wildman–Crippen LogP) is 3.51. The predicted molar refractivity (Wildman–Crippen MR) is 58.0 cm³/mol. The largest absolute Gasteiger partial charge is 0.454 e. The maximum absolute atomic E-state index is 11.8. The molecule has 0 atom stereocenters. The minimum Gasteiger partial charge on any atom is -0.361 e. The highest BCUT2D eigenvalue weighted by Gasteiger charge is 2.35. The SMILES string of the molecule is O=C(/C=C/Nc1ccccc1Br)C(F)(F)F. The van der Waals surface area contributed by atoms with E-state index in [2.05, 4.69) is 21.2 Å². The summed E-state index contributed by atoms with van der Waals surface area (Å²) >= 11 is 3.20. The lowest BCUT2D eigenvalue weighted by molar-refractivity contribution is -0.165. The summed E-state index contributed by atoms with van der Waals surface area (Å²) in [5, 5.41) is 2.57. The number of anilines is 1. The van der Waals surface area contributed by atoms with E-state index in [1.807, 2.05) is 0 Å². The summed E-state index contributed by atoms with van der Waals surface area (Å²) in [7, 11) is 0. The Morgan fingerprint density at radius 1 is 1.31 bits per heavy atom. The molecule has 0 bridgehead atoms. The highest BCUT2D eigenvalue weighted by atomic mass is 79.9. The lowest BCUT2D eigenvalue weighted by Gasteiger charge is -2.03. The molecule has 0 aliphatic heterocycles. The van der Waals surface area contributed by atoms with E-state index in [1.165, 1.54) is 0 Å². The molecule has 16 heavy (non-hydrogen) atoms. The van der Waals surface area contributed by atoms with Crippen LogP contribution in [0.15, 0.2) is 41.0 Å². The van der Waals surface area contributed by atoms with E-state index >= 15 is 0 Å². The number of rotatable bonds is 3. The highest BCUT2D eigenvalue weighted by molar-refractivity contribution is 9.10. The molecule has 0 amide bonds. The summed E-state index contributed by atoms with van der Waals surface area (Å²) < 4.78 is 36.1. The van der Waals surface area contributed by atoms with Gasteiger partial charge < -0.3 is 5.32 Å². The molecule has 1 aromatic rings. The zero-order valence-corrected chi connectivity index (χ0v) is 9.47. The van der Waals surface area contributed by atoms with Gasteiger partial charge in [-0.05, 0) is 28.1 Å². The first kappa shape index (κ1) is 12.8. The molecule has 0 saturated heterocycles. The van der Waals surface area contributed by atoms with Crippen LogP contribution in [0.1, 0.15) is 0 Å². The van der Waals surface area contributed by atoms with E-state index < -0.39 is 12.0 Å². The number of carbonyl (C=O) groups is 1. The third-order valence-electron chi connectivity index (χ3n) is 1.63. The van der Waals surface area contributed by atoms with Gasteiger partial charge in [0.25, 0.3) is 5.78 Å². The van der Waals surface area contributed by atoms with Gasteiger partial charge in [0, 0.05) is 16.7 Å². The first-order valence-corrected chi connectivity index (χ1v) is 4.99. The van der Waals surface area contributed by atoms with E-state index in [0.29, 0.717) is 16.2 Å². The van der Waals surface area contributed by atoms with Crippen molar-refractivity contribution in [3.05, 3.63) is 41.0 Å². The minimum atomic E-state index is -4.83. The molecule has 0 fully saturated rings. The standard InChI is InChI=1S/C10H7BrF3NO/c11-7-3-1-2-4-8(7)15-6-5-9(16)10(12,13)14/h1-6,15H/b6-5+. The number of benzene rings is 1. The van der Waals surface area contributed by atoms with Crippen molar-refractivity contribution in [2.24, 2.45) is 0 Å². The van der Waals surface area contributed by atoms with Gasteiger partial charge in [0.1, 0.15) is 0 Å². The van der Waals surface area contributed by atoms with Crippen LogP contribution >= 0.6 is 15.9 Å². The van der Waals surface area contributed by atoms with Crippen LogP contribution in [0, 0.1) is 0 Å². The van der Waals surface area contributed by atoms with E-state index in [0.717, 1.165) is 6.20 Å². The third kappa shape index (κ3) is 3.69. The summed E-state index contributed by atoms with van der Waals surface area (Å²) in [6.07, 6.45) is -3.43. The first-order chi connectivity index (χ1) is 7.41. The molecule has 0 radical (unpaired) electrons. The molecular weight excluding hydrogens is 287 g/mol. The number of hydrogen-bond donors (Lipinski definition) is 1. The Bertz CT molecular complexity index is 415. The quantitative estimate of drug-likeness (QED) is 0.864. The second kappa shape index (κ2) is 5.16. The van der Waals surface area contributed by atoms with Crippen LogP contribution in [-0.2, 0) is 4.79 Å². The molecule has 1 aromatic carbocycles. The monoisotopic (exact) mass is 293 g/mol. The molecule has 0 unspecified atom stereocenters. The number of allylic oxidation sites excluding steroid dienone is 1. The third-order valence-corrected chi connectivity index (χ3v) is 2.32. The van der Waals surface area contributed by atoms with Crippen LogP contribution in [-0.4, -0.2) is 12.0 Å². The summed E-state index contributed by atoms with van der Waals surface area (Å²) in [6.45, 7) is 0. The van der Waals surface area contributed by atoms with Crippen molar-refractivity contribution < 1.29 is 18.0 Å². The molecule has 0 heterocycles. The van der Waals surface area contributed by atoms with Crippen molar-refractivity contribution in [2.45, 2.75) is 6.18 Å². The Morgan fingerprint density at radius 2 is 1.94 bits per heavy atom. The number of hydrogen-bond acceptors (Lipinski definition) is 2. The maximum Gasteiger partial charge on any atom is 0.454 e. The van der Waals surface area contributed by atoms with Crippen molar-refractivity contribution >= 4 is 27.4 Å². The molecule has 0 spiro atoms. The number of ketones is 1. The van der Waals surface area contributed by atoms with Gasteiger partial charge >= 0.3 is 6.18 Å². The van der Waals surface area contributed by atoms with Gasteiger partial charge in [-0.1, -0.05) is 12.1 Å². The summed E-state index contributed by atoms with van der Waals surface area (Å²) in [6, 6.07) is 6.86. The van der Waals surface area contributed by atoms with Crippen LogP contribution in [0.5, 0.6) is 0 Å². The van der Waals surface area contributed by atoms with E-state index in [4.69, 9.17) is 0 Å². The molecule has 1 N–H and O–H groups in total. The fourth-order valence-corrected chi connectivity index (χ4v) is 1.28. The van der Waals surface area contributed by atoms with Crippen LogP contribution in [0.3, 0.4) is 0 Å². The van der Waals surface area contributed by atoms with Crippen LogP contribution in [0.2, 0.25) is 0 Å². The van der Waals surface area contributed by atoms with E-state index in [9.17, 15) is 18.0 Å². The van der Waals surface area contributed by atoms with Gasteiger partial charge in [0.05, 0.1) is 5.69 Å². The van der Waals surface area contributed by atoms with Gasteiger partial charge in [-0.2, -0.15) is 13.2 Å². The Labute approximate surface area is 98.3 Å². The summed E-state index contributed by atoms with van der Waals surface area (Å²) in [5.74, 6) is -1.90. The van der Waals surface area contributed by atoms with Crippen molar-refractivity contribution in [1.82, 2.24) is 0 Å². The number of carbonyl (C=O) groups excluding carboxylic acids is 1. The van der Waals surface area contributed by atoms with Crippen molar-refractivity contribution in [2.75, 3.05) is 5.32 Å². The molecule has 86 valence electrons. The fraction of sp³-hybridized carbons (Fsp3) is 0.100. The lowest BCUT2D eigenvalue weighted by atomic mass is 10.3. The topological polar surface area (TPSA) is 29.1 Å². The van der Waals surface area contributed by atoms with Crippen molar-refractivity contribution in [3.8, 4) is 0 Å². The Balaban J connectivity index is 2.62. The van der Waals surface area contributed by atoms with Gasteiger partial charge in [0.2, 0.25) is 0 Å².